The maximum absolute atomic E-state index is 5.18. The van der Waals surface area contributed by atoms with Gasteiger partial charge in [-0.1, -0.05) is 39.0 Å². The molecule has 0 aliphatic heterocycles. The Hall–Kier alpha value is 0.310. The molecule has 0 unspecified atom stereocenters. The largest absolute Gasteiger partial charge is 0.316 e. The summed E-state index contributed by atoms with van der Waals surface area (Å²) in [4.78, 5) is 0. The van der Waals surface area contributed by atoms with Crippen molar-refractivity contribution in [1.29, 1.82) is 0 Å². The monoisotopic (exact) mass is 190 g/mol. The SMILES string of the molecule is CCCCCCCCSOCC. The molecule has 2 heteroatoms. The number of hydrogen-bond donors (Lipinski definition) is 0. The number of unbranched alkanes of at least 4 members (excludes halogenated alkanes) is 5. The van der Waals surface area contributed by atoms with Crippen molar-refractivity contribution in [2.75, 3.05) is 12.4 Å². The third-order valence-corrected chi connectivity index (χ3v) is 2.64. The van der Waals surface area contributed by atoms with Gasteiger partial charge < -0.3 is 4.18 Å². The lowest BCUT2D eigenvalue weighted by molar-refractivity contribution is 0.401. The van der Waals surface area contributed by atoms with Crippen LogP contribution in [0.3, 0.4) is 0 Å². The van der Waals surface area contributed by atoms with Gasteiger partial charge in [-0.3, -0.25) is 0 Å². The van der Waals surface area contributed by atoms with Gasteiger partial charge in [-0.2, -0.15) is 0 Å². The van der Waals surface area contributed by atoms with Crippen molar-refractivity contribution in [3.05, 3.63) is 0 Å². The summed E-state index contributed by atoms with van der Waals surface area (Å²) >= 11 is 1.62. The van der Waals surface area contributed by atoms with Crippen LogP contribution < -0.4 is 0 Å². The Morgan fingerprint density at radius 2 is 1.58 bits per heavy atom. The van der Waals surface area contributed by atoms with Gasteiger partial charge in [0.15, 0.2) is 0 Å². The van der Waals surface area contributed by atoms with Crippen LogP contribution in [0, 0.1) is 0 Å². The van der Waals surface area contributed by atoms with E-state index in [4.69, 9.17) is 4.18 Å². The summed E-state index contributed by atoms with van der Waals surface area (Å²) in [7, 11) is 0. The molecule has 0 rings (SSSR count). The summed E-state index contributed by atoms with van der Waals surface area (Å²) < 4.78 is 5.18. The minimum Gasteiger partial charge on any atom is -0.316 e. The van der Waals surface area contributed by atoms with Gasteiger partial charge >= 0.3 is 0 Å². The van der Waals surface area contributed by atoms with Gasteiger partial charge in [0.25, 0.3) is 0 Å². The Balaban J connectivity index is 2.73. The molecule has 0 aromatic carbocycles. The van der Waals surface area contributed by atoms with Crippen LogP contribution in [0.4, 0.5) is 0 Å². The molecule has 0 aliphatic rings. The fourth-order valence-electron chi connectivity index (χ4n) is 1.08. The maximum atomic E-state index is 5.18. The molecule has 0 aromatic heterocycles. The first-order valence-electron chi connectivity index (χ1n) is 5.16. The first-order chi connectivity index (χ1) is 5.91. The fraction of sp³-hybridized carbons (Fsp3) is 1.00. The second kappa shape index (κ2) is 11.3. The van der Waals surface area contributed by atoms with Gasteiger partial charge in [0, 0.05) is 5.75 Å². The summed E-state index contributed by atoms with van der Waals surface area (Å²) in [6.07, 6.45) is 8.25. The van der Waals surface area contributed by atoms with E-state index in [-0.39, 0.29) is 0 Å². The Morgan fingerprint density at radius 1 is 0.917 bits per heavy atom. The van der Waals surface area contributed by atoms with Gasteiger partial charge in [-0.15, -0.1) is 0 Å². The first-order valence-corrected chi connectivity index (χ1v) is 6.07. The standard InChI is InChI=1S/C10H22OS/c1-3-5-6-7-8-9-10-12-11-4-2/h3-10H2,1-2H3. The van der Waals surface area contributed by atoms with Crippen molar-refractivity contribution in [3.63, 3.8) is 0 Å². The van der Waals surface area contributed by atoms with Crippen LogP contribution in [0.2, 0.25) is 0 Å². The fourth-order valence-corrected chi connectivity index (χ4v) is 1.69. The van der Waals surface area contributed by atoms with E-state index in [9.17, 15) is 0 Å². The van der Waals surface area contributed by atoms with Crippen LogP contribution >= 0.6 is 12.0 Å². The van der Waals surface area contributed by atoms with Crippen molar-refractivity contribution < 1.29 is 4.18 Å². The van der Waals surface area contributed by atoms with E-state index in [1.165, 1.54) is 44.3 Å². The Kier molecular flexibility index (Phi) is 11.6. The minimum absolute atomic E-state index is 0.834. The van der Waals surface area contributed by atoms with Crippen molar-refractivity contribution >= 4 is 12.0 Å². The minimum atomic E-state index is 0.834. The Labute approximate surface area is 81.5 Å². The molecular weight excluding hydrogens is 168 g/mol. The van der Waals surface area contributed by atoms with Gasteiger partial charge in [-0.25, -0.2) is 0 Å². The van der Waals surface area contributed by atoms with Crippen LogP contribution in [-0.4, -0.2) is 12.4 Å². The molecule has 0 bridgehead atoms. The van der Waals surface area contributed by atoms with Crippen LogP contribution in [-0.2, 0) is 4.18 Å². The van der Waals surface area contributed by atoms with E-state index in [0.717, 1.165) is 6.61 Å². The average Bonchev–Trinajstić information content (AvgIpc) is 2.10. The second-order valence-corrected chi connectivity index (χ2v) is 3.88. The number of hydrogen-bond acceptors (Lipinski definition) is 2. The van der Waals surface area contributed by atoms with Gasteiger partial charge in [-0.05, 0) is 25.4 Å². The van der Waals surface area contributed by atoms with E-state index in [1.807, 2.05) is 6.92 Å². The zero-order valence-electron chi connectivity index (χ0n) is 8.47. The molecule has 0 fully saturated rings. The molecule has 0 saturated heterocycles. The molecule has 0 N–H and O–H groups in total. The van der Waals surface area contributed by atoms with Gasteiger partial charge in [0.2, 0.25) is 0 Å². The molecule has 0 saturated carbocycles. The highest BCUT2D eigenvalue weighted by Crippen LogP contribution is 2.09. The number of rotatable bonds is 9. The zero-order valence-corrected chi connectivity index (χ0v) is 9.29. The lowest BCUT2D eigenvalue weighted by Crippen LogP contribution is -1.84. The first kappa shape index (κ1) is 12.3. The van der Waals surface area contributed by atoms with Gasteiger partial charge in [0.1, 0.15) is 0 Å². The molecule has 0 aliphatic carbocycles. The quantitative estimate of drug-likeness (QED) is 0.401. The van der Waals surface area contributed by atoms with Crippen LogP contribution in [0.5, 0.6) is 0 Å². The highest BCUT2D eigenvalue weighted by molar-refractivity contribution is 7.94. The van der Waals surface area contributed by atoms with E-state index in [0.29, 0.717) is 0 Å². The highest BCUT2D eigenvalue weighted by atomic mass is 32.2. The van der Waals surface area contributed by atoms with Crippen molar-refractivity contribution in [3.8, 4) is 0 Å². The Morgan fingerprint density at radius 3 is 2.25 bits per heavy atom. The summed E-state index contributed by atoms with van der Waals surface area (Å²) in [5.41, 5.74) is 0. The highest BCUT2D eigenvalue weighted by Gasteiger charge is 1.90. The third kappa shape index (κ3) is 10.3. The van der Waals surface area contributed by atoms with E-state index in [1.54, 1.807) is 12.0 Å². The molecule has 0 atom stereocenters. The predicted molar refractivity (Wildman–Crippen MR) is 57.5 cm³/mol. The van der Waals surface area contributed by atoms with Crippen molar-refractivity contribution in [1.82, 2.24) is 0 Å². The molecular formula is C10H22OS. The summed E-state index contributed by atoms with van der Waals surface area (Å²) in [6, 6.07) is 0. The van der Waals surface area contributed by atoms with E-state index in [2.05, 4.69) is 6.92 Å². The second-order valence-electron chi connectivity index (χ2n) is 3.00. The lowest BCUT2D eigenvalue weighted by Gasteiger charge is -2.00. The predicted octanol–water partition coefficient (Wildman–Crippen LogP) is 4.03. The molecule has 0 amide bonds. The smallest absolute Gasteiger partial charge is 0.0585 e. The van der Waals surface area contributed by atoms with Crippen LogP contribution in [0.25, 0.3) is 0 Å². The summed E-state index contributed by atoms with van der Waals surface area (Å²) in [6.45, 7) is 5.12. The van der Waals surface area contributed by atoms with Crippen LogP contribution in [0.1, 0.15) is 52.4 Å². The van der Waals surface area contributed by atoms with Crippen LogP contribution in [0.15, 0.2) is 0 Å². The molecule has 1 nitrogen and oxygen atoms in total. The van der Waals surface area contributed by atoms with Gasteiger partial charge in [0.05, 0.1) is 6.61 Å². The van der Waals surface area contributed by atoms with Crippen molar-refractivity contribution in [2.45, 2.75) is 52.4 Å². The zero-order chi connectivity index (χ0) is 9.07. The molecule has 0 spiro atoms. The van der Waals surface area contributed by atoms with E-state index < -0.39 is 0 Å². The molecule has 0 aromatic rings. The van der Waals surface area contributed by atoms with Crippen molar-refractivity contribution in [2.24, 2.45) is 0 Å². The average molecular weight is 190 g/mol. The molecule has 0 radical (unpaired) electrons. The summed E-state index contributed by atoms with van der Waals surface area (Å²) in [5, 5.41) is 0. The normalized spacial score (nSPS) is 10.5. The lowest BCUT2D eigenvalue weighted by atomic mass is 10.1. The maximum Gasteiger partial charge on any atom is 0.0585 e. The Bertz CT molecular complexity index is 66.2. The molecule has 12 heavy (non-hydrogen) atoms. The third-order valence-electron chi connectivity index (χ3n) is 1.78. The summed E-state index contributed by atoms with van der Waals surface area (Å²) in [5.74, 6) is 1.17. The topological polar surface area (TPSA) is 9.23 Å². The van der Waals surface area contributed by atoms with E-state index >= 15 is 0 Å². The molecule has 74 valence electrons. The molecule has 0 heterocycles.